The number of benzene rings is 1. The molecular formula is C33H34ClFN10. The van der Waals surface area contributed by atoms with Gasteiger partial charge in [-0.2, -0.15) is 10.2 Å². The minimum Gasteiger partial charge on any atom is -0.241 e. The fourth-order valence-corrected chi connectivity index (χ4v) is 5.02. The van der Waals surface area contributed by atoms with Crippen molar-refractivity contribution in [2.45, 2.75) is 47.0 Å². The minimum atomic E-state index is -0.209. The highest BCUT2D eigenvalue weighted by Gasteiger charge is 2.15. The van der Waals surface area contributed by atoms with Gasteiger partial charge in [-0.05, 0) is 54.7 Å². The van der Waals surface area contributed by atoms with Crippen LogP contribution >= 0.6 is 11.6 Å². The molecular weight excluding hydrogens is 591 g/mol. The molecule has 10 nitrogen and oxygen atoms in total. The normalized spacial score (nSPS) is 11.3. The summed E-state index contributed by atoms with van der Waals surface area (Å²) in [4.78, 5) is 25.5. The highest BCUT2D eigenvalue weighted by atomic mass is 35.5. The quantitative estimate of drug-likeness (QED) is 0.167. The zero-order valence-corrected chi connectivity index (χ0v) is 23.9. The molecule has 0 aliphatic carbocycles. The molecule has 0 radical (unpaired) electrons. The summed E-state index contributed by atoms with van der Waals surface area (Å²) in [7, 11) is 0. The average molecular weight is 625 g/mol. The molecule has 0 amide bonds. The molecule has 230 valence electrons. The minimum absolute atomic E-state index is 0. The Balaban J connectivity index is 0.000000220. The van der Waals surface area contributed by atoms with E-state index >= 15 is 0 Å². The van der Waals surface area contributed by atoms with Crippen molar-refractivity contribution in [3.05, 3.63) is 121 Å². The van der Waals surface area contributed by atoms with Gasteiger partial charge in [-0.1, -0.05) is 51.9 Å². The van der Waals surface area contributed by atoms with E-state index in [9.17, 15) is 4.39 Å². The molecule has 0 fully saturated rings. The van der Waals surface area contributed by atoms with E-state index in [1.54, 1.807) is 46.2 Å². The van der Waals surface area contributed by atoms with E-state index in [0.717, 1.165) is 58.6 Å². The molecule has 6 aromatic heterocycles. The molecule has 0 N–H and O–H groups in total. The highest BCUT2D eigenvalue weighted by molar-refractivity contribution is 6.29. The maximum Gasteiger partial charge on any atom is 0.164 e. The molecule has 0 saturated heterocycles. The Kier molecular flexibility index (Phi) is 10.9. The Bertz CT molecular complexity index is 1970. The average Bonchev–Trinajstić information content (AvgIpc) is 3.67. The SMILES string of the molecule is C.C.CCC[C@H](Cc1cc(-c2cnn3cccnc23)ncn1)c1ccc(F)cc1.Clc1cc(-c2cnn3cccnc23)ncn1. The Morgan fingerprint density at radius 3 is 1.91 bits per heavy atom. The first-order valence-electron chi connectivity index (χ1n) is 13.7. The predicted octanol–water partition coefficient (Wildman–Crippen LogP) is 7.56. The van der Waals surface area contributed by atoms with Gasteiger partial charge >= 0.3 is 0 Å². The van der Waals surface area contributed by atoms with Gasteiger partial charge in [0.25, 0.3) is 0 Å². The number of hydrogen-bond acceptors (Lipinski definition) is 8. The van der Waals surface area contributed by atoms with Crippen molar-refractivity contribution < 1.29 is 4.39 Å². The standard InChI is InChI=1S/C21H20FN5.C10H6ClN5.2CH4/c1-2-4-16(15-5-7-17(22)8-6-15)11-18-12-20(25-14-24-18)19-13-26-27-10-3-9-23-21(19)27;11-9-4-8(13-6-14-9)7-5-15-16-3-1-2-12-10(7)16;;/h3,5-10,12-14,16H,2,4,11H2,1H3;1-6H;2*1H4/t16-;;;/m1.../s1. The van der Waals surface area contributed by atoms with Crippen LogP contribution < -0.4 is 0 Å². The summed E-state index contributed by atoms with van der Waals surface area (Å²) in [5, 5.41) is 8.91. The summed E-state index contributed by atoms with van der Waals surface area (Å²) in [5.74, 6) is 0.0827. The van der Waals surface area contributed by atoms with Gasteiger partial charge in [0.1, 0.15) is 23.6 Å². The molecule has 45 heavy (non-hydrogen) atoms. The van der Waals surface area contributed by atoms with E-state index in [-0.39, 0.29) is 20.7 Å². The molecule has 0 bridgehead atoms. The summed E-state index contributed by atoms with van der Waals surface area (Å²) >= 11 is 5.81. The first kappa shape index (κ1) is 32.7. The molecule has 1 atom stereocenters. The van der Waals surface area contributed by atoms with Gasteiger partial charge < -0.3 is 0 Å². The lowest BCUT2D eigenvalue weighted by Crippen LogP contribution is -2.05. The fourth-order valence-electron chi connectivity index (χ4n) is 4.88. The molecule has 6 heterocycles. The molecule has 0 saturated carbocycles. The monoisotopic (exact) mass is 624 g/mol. The van der Waals surface area contributed by atoms with E-state index in [2.05, 4.69) is 47.0 Å². The van der Waals surface area contributed by atoms with Crippen LogP contribution in [0.4, 0.5) is 4.39 Å². The Morgan fingerprint density at radius 2 is 1.33 bits per heavy atom. The number of fused-ring (bicyclic) bond motifs is 2. The number of nitrogens with zero attached hydrogens (tertiary/aromatic N) is 10. The topological polar surface area (TPSA) is 112 Å². The third-order valence-corrected chi connectivity index (χ3v) is 7.11. The number of rotatable bonds is 7. The van der Waals surface area contributed by atoms with Crippen molar-refractivity contribution in [1.29, 1.82) is 0 Å². The zero-order chi connectivity index (χ0) is 29.6. The number of hydrogen-bond donors (Lipinski definition) is 0. The smallest absolute Gasteiger partial charge is 0.164 e. The highest BCUT2D eigenvalue weighted by Crippen LogP contribution is 2.28. The van der Waals surface area contributed by atoms with E-state index in [1.807, 2.05) is 42.7 Å². The molecule has 0 aliphatic rings. The third kappa shape index (κ3) is 7.50. The van der Waals surface area contributed by atoms with Crippen molar-refractivity contribution in [3.8, 4) is 22.5 Å². The van der Waals surface area contributed by atoms with Crippen LogP contribution in [0.5, 0.6) is 0 Å². The molecule has 0 unspecified atom stereocenters. The lowest BCUT2D eigenvalue weighted by molar-refractivity contribution is 0.595. The van der Waals surface area contributed by atoms with Crippen LogP contribution in [-0.2, 0) is 6.42 Å². The zero-order valence-electron chi connectivity index (χ0n) is 23.2. The van der Waals surface area contributed by atoms with Crippen LogP contribution in [0.2, 0.25) is 5.15 Å². The Morgan fingerprint density at radius 1 is 0.756 bits per heavy atom. The van der Waals surface area contributed by atoms with Crippen LogP contribution in [-0.4, -0.2) is 49.1 Å². The second kappa shape index (κ2) is 15.0. The lowest BCUT2D eigenvalue weighted by atomic mass is 9.90. The van der Waals surface area contributed by atoms with Gasteiger partial charge in [0, 0.05) is 36.5 Å². The largest absolute Gasteiger partial charge is 0.241 e. The second-order valence-electron chi connectivity index (χ2n) is 9.75. The maximum atomic E-state index is 13.3. The summed E-state index contributed by atoms with van der Waals surface area (Å²) in [6.45, 7) is 2.16. The summed E-state index contributed by atoms with van der Waals surface area (Å²) in [6.07, 6.45) is 16.5. The van der Waals surface area contributed by atoms with E-state index in [4.69, 9.17) is 11.6 Å². The van der Waals surface area contributed by atoms with Crippen molar-refractivity contribution in [2.75, 3.05) is 0 Å². The second-order valence-corrected chi connectivity index (χ2v) is 10.1. The van der Waals surface area contributed by atoms with Gasteiger partial charge in [0.05, 0.1) is 34.9 Å². The molecule has 12 heteroatoms. The Labute approximate surface area is 266 Å². The summed E-state index contributed by atoms with van der Waals surface area (Å²) in [6, 6.07) is 14.1. The van der Waals surface area contributed by atoms with Crippen molar-refractivity contribution >= 4 is 22.9 Å². The molecule has 7 rings (SSSR count). The van der Waals surface area contributed by atoms with Crippen molar-refractivity contribution in [2.24, 2.45) is 0 Å². The summed E-state index contributed by atoms with van der Waals surface area (Å²) in [5.41, 5.74) is 6.85. The molecule has 0 spiro atoms. The third-order valence-electron chi connectivity index (χ3n) is 6.90. The van der Waals surface area contributed by atoms with E-state index in [1.165, 1.54) is 18.5 Å². The van der Waals surface area contributed by atoms with Crippen LogP contribution in [0.15, 0.2) is 98.4 Å². The molecule has 7 aromatic rings. The van der Waals surface area contributed by atoms with Crippen LogP contribution in [0.25, 0.3) is 33.8 Å². The van der Waals surface area contributed by atoms with Gasteiger partial charge in [0.15, 0.2) is 11.3 Å². The van der Waals surface area contributed by atoms with Crippen LogP contribution in [0, 0.1) is 5.82 Å². The van der Waals surface area contributed by atoms with E-state index in [0.29, 0.717) is 16.8 Å². The first-order chi connectivity index (χ1) is 21.1. The van der Waals surface area contributed by atoms with Gasteiger partial charge in [-0.25, -0.2) is 43.3 Å². The predicted molar refractivity (Wildman–Crippen MR) is 174 cm³/mol. The van der Waals surface area contributed by atoms with Crippen LogP contribution in [0.3, 0.4) is 0 Å². The number of halogens is 2. The van der Waals surface area contributed by atoms with Crippen molar-refractivity contribution in [1.82, 2.24) is 49.1 Å². The fraction of sp³-hybridized carbons (Fsp3) is 0.212. The van der Waals surface area contributed by atoms with Gasteiger partial charge in [-0.3, -0.25) is 0 Å². The number of aromatic nitrogens is 10. The maximum absolute atomic E-state index is 13.3. The molecule has 1 aromatic carbocycles. The lowest BCUT2D eigenvalue weighted by Gasteiger charge is -2.16. The first-order valence-corrected chi connectivity index (χ1v) is 14.1. The van der Waals surface area contributed by atoms with Crippen molar-refractivity contribution in [3.63, 3.8) is 0 Å². The Hall–Kier alpha value is -5.16. The van der Waals surface area contributed by atoms with Gasteiger partial charge in [-0.15, -0.1) is 0 Å². The van der Waals surface area contributed by atoms with Gasteiger partial charge in [0.2, 0.25) is 0 Å². The summed E-state index contributed by atoms with van der Waals surface area (Å²) < 4.78 is 16.7. The van der Waals surface area contributed by atoms with E-state index < -0.39 is 0 Å². The van der Waals surface area contributed by atoms with Crippen LogP contribution in [0.1, 0.15) is 51.8 Å². The molecule has 0 aliphatic heterocycles.